The summed E-state index contributed by atoms with van der Waals surface area (Å²) in [5.74, 6) is 0.00300. The second-order valence-electron chi connectivity index (χ2n) is 8.53. The van der Waals surface area contributed by atoms with Crippen LogP contribution in [-0.4, -0.2) is 36.1 Å². The highest BCUT2D eigenvalue weighted by molar-refractivity contribution is 6.30. The zero-order valence-corrected chi connectivity index (χ0v) is 18.5. The summed E-state index contributed by atoms with van der Waals surface area (Å²) < 4.78 is 5.84. The molecule has 3 rings (SSSR count). The molecule has 0 saturated carbocycles. The van der Waals surface area contributed by atoms with Gasteiger partial charge in [-0.05, 0) is 56.5 Å². The minimum atomic E-state index is -0.630. The fraction of sp³-hybridized carbons (Fsp3) is 0.458. The normalized spacial score (nSPS) is 20.4. The van der Waals surface area contributed by atoms with Gasteiger partial charge in [0.15, 0.2) is 0 Å². The van der Waals surface area contributed by atoms with Crippen LogP contribution in [0.1, 0.15) is 44.4 Å². The Morgan fingerprint density at radius 3 is 2.28 bits per heavy atom. The van der Waals surface area contributed by atoms with Crippen LogP contribution in [0, 0.1) is 0 Å². The third-order valence-corrected chi connectivity index (χ3v) is 5.83. The summed E-state index contributed by atoms with van der Waals surface area (Å²) in [5.41, 5.74) is 2.72. The molecular formula is C24H31ClN2O2. The largest absolute Gasteiger partial charge is 0.373 e. The van der Waals surface area contributed by atoms with E-state index in [0.29, 0.717) is 11.6 Å². The molecule has 156 valence electrons. The zero-order chi connectivity index (χ0) is 21.0. The fourth-order valence-corrected chi connectivity index (χ4v) is 4.06. The second-order valence-corrected chi connectivity index (χ2v) is 8.97. The first-order valence-electron chi connectivity index (χ1n) is 10.2. The first kappa shape index (κ1) is 21.8. The van der Waals surface area contributed by atoms with E-state index < -0.39 is 5.41 Å². The van der Waals surface area contributed by atoms with Gasteiger partial charge in [0, 0.05) is 31.2 Å². The number of amides is 1. The molecule has 5 heteroatoms. The van der Waals surface area contributed by atoms with E-state index in [1.165, 1.54) is 5.56 Å². The van der Waals surface area contributed by atoms with Gasteiger partial charge in [-0.3, -0.25) is 9.69 Å². The lowest BCUT2D eigenvalue weighted by Gasteiger charge is -2.35. The van der Waals surface area contributed by atoms with E-state index in [9.17, 15) is 4.79 Å². The summed E-state index contributed by atoms with van der Waals surface area (Å²) in [4.78, 5) is 15.4. The van der Waals surface area contributed by atoms with Crippen LogP contribution < -0.4 is 5.32 Å². The zero-order valence-electron chi connectivity index (χ0n) is 17.7. The average Bonchev–Trinajstić information content (AvgIpc) is 2.66. The molecular weight excluding hydrogens is 384 g/mol. The van der Waals surface area contributed by atoms with Crippen molar-refractivity contribution in [1.82, 2.24) is 10.2 Å². The highest BCUT2D eigenvalue weighted by Gasteiger charge is 2.29. The first-order chi connectivity index (χ1) is 13.8. The smallest absolute Gasteiger partial charge is 0.230 e. The van der Waals surface area contributed by atoms with E-state index >= 15 is 0 Å². The number of morpholine rings is 1. The maximum absolute atomic E-state index is 12.9. The van der Waals surface area contributed by atoms with E-state index in [1.807, 2.05) is 44.2 Å². The predicted molar refractivity (Wildman–Crippen MR) is 118 cm³/mol. The van der Waals surface area contributed by atoms with Crippen molar-refractivity contribution >= 4 is 17.5 Å². The topological polar surface area (TPSA) is 41.6 Å². The minimum absolute atomic E-state index is 0.00300. The number of halogens is 1. The summed E-state index contributed by atoms with van der Waals surface area (Å²) in [5, 5.41) is 3.80. The average molecular weight is 415 g/mol. The summed E-state index contributed by atoms with van der Waals surface area (Å²) >= 11 is 5.99. The molecule has 1 N–H and O–H groups in total. The van der Waals surface area contributed by atoms with Crippen LogP contribution in [0.5, 0.6) is 0 Å². The monoisotopic (exact) mass is 414 g/mol. The number of carbonyl (C=O) groups is 1. The molecule has 2 atom stereocenters. The molecule has 0 aliphatic carbocycles. The van der Waals surface area contributed by atoms with Gasteiger partial charge < -0.3 is 10.1 Å². The van der Waals surface area contributed by atoms with E-state index in [2.05, 4.69) is 42.3 Å². The third kappa shape index (κ3) is 5.59. The molecule has 1 aliphatic heterocycles. The van der Waals surface area contributed by atoms with Crippen LogP contribution in [0.25, 0.3) is 0 Å². The molecule has 2 aromatic rings. The standard InChI is InChI=1S/C24H31ClN2O2/c1-17-14-27(15-18(2)29-17)16-20-8-6-5-7-19(20)13-26-23(28)24(3,4)21-9-11-22(25)12-10-21/h5-12,17-18H,13-16H2,1-4H3,(H,26,28). The van der Waals surface area contributed by atoms with Gasteiger partial charge in [0.1, 0.15) is 0 Å². The van der Waals surface area contributed by atoms with E-state index in [1.54, 1.807) is 0 Å². The van der Waals surface area contributed by atoms with Crippen molar-refractivity contribution in [1.29, 1.82) is 0 Å². The number of nitrogens with zero attached hydrogens (tertiary/aromatic N) is 1. The number of carbonyl (C=O) groups excluding carboxylic acids is 1. The number of hydrogen-bond acceptors (Lipinski definition) is 3. The van der Waals surface area contributed by atoms with Crippen LogP contribution in [0.3, 0.4) is 0 Å². The molecule has 0 bridgehead atoms. The first-order valence-corrected chi connectivity index (χ1v) is 10.6. The van der Waals surface area contributed by atoms with Gasteiger partial charge in [0.05, 0.1) is 17.6 Å². The summed E-state index contributed by atoms with van der Waals surface area (Å²) in [6, 6.07) is 15.8. The highest BCUT2D eigenvalue weighted by atomic mass is 35.5. The van der Waals surface area contributed by atoms with Crippen LogP contribution in [-0.2, 0) is 28.0 Å². The maximum Gasteiger partial charge on any atom is 0.230 e. The van der Waals surface area contributed by atoms with Gasteiger partial charge in [0.25, 0.3) is 0 Å². The van der Waals surface area contributed by atoms with Gasteiger partial charge >= 0.3 is 0 Å². The highest BCUT2D eigenvalue weighted by Crippen LogP contribution is 2.25. The number of ether oxygens (including phenoxy) is 1. The van der Waals surface area contributed by atoms with Gasteiger partial charge in [0.2, 0.25) is 5.91 Å². The van der Waals surface area contributed by atoms with Gasteiger partial charge in [-0.1, -0.05) is 48.0 Å². The van der Waals surface area contributed by atoms with Crippen LogP contribution in [0.15, 0.2) is 48.5 Å². The molecule has 1 saturated heterocycles. The van der Waals surface area contributed by atoms with Crippen molar-refractivity contribution in [2.24, 2.45) is 0 Å². The van der Waals surface area contributed by atoms with E-state index in [0.717, 1.165) is 30.8 Å². The Balaban J connectivity index is 1.66. The Labute approximate surface area is 179 Å². The van der Waals surface area contributed by atoms with Crippen LogP contribution >= 0.6 is 11.6 Å². The molecule has 1 amide bonds. The molecule has 2 aromatic carbocycles. The molecule has 1 aliphatic rings. The Bertz CT molecular complexity index is 825. The Morgan fingerprint density at radius 1 is 1.07 bits per heavy atom. The lowest BCUT2D eigenvalue weighted by atomic mass is 9.83. The molecule has 0 spiro atoms. The molecule has 4 nitrogen and oxygen atoms in total. The summed E-state index contributed by atoms with van der Waals surface area (Å²) in [6.07, 6.45) is 0.483. The fourth-order valence-electron chi connectivity index (χ4n) is 3.93. The molecule has 0 aromatic heterocycles. The summed E-state index contributed by atoms with van der Waals surface area (Å²) in [7, 11) is 0. The van der Waals surface area contributed by atoms with Gasteiger partial charge in [-0.25, -0.2) is 0 Å². The van der Waals surface area contributed by atoms with E-state index in [-0.39, 0.29) is 18.1 Å². The van der Waals surface area contributed by atoms with Crippen LogP contribution in [0.4, 0.5) is 0 Å². The van der Waals surface area contributed by atoms with Crippen molar-refractivity contribution < 1.29 is 9.53 Å². The Morgan fingerprint density at radius 2 is 1.66 bits per heavy atom. The Hall–Kier alpha value is -1.88. The maximum atomic E-state index is 12.9. The molecule has 2 unspecified atom stereocenters. The van der Waals surface area contributed by atoms with Crippen molar-refractivity contribution in [3.63, 3.8) is 0 Å². The number of hydrogen-bond donors (Lipinski definition) is 1. The van der Waals surface area contributed by atoms with Crippen molar-refractivity contribution in [3.05, 3.63) is 70.2 Å². The molecule has 29 heavy (non-hydrogen) atoms. The molecule has 1 fully saturated rings. The Kier molecular flexibility index (Phi) is 6.99. The summed E-state index contributed by atoms with van der Waals surface area (Å²) in [6.45, 7) is 11.3. The van der Waals surface area contributed by atoms with Crippen molar-refractivity contribution in [2.75, 3.05) is 13.1 Å². The predicted octanol–water partition coefficient (Wildman–Crippen LogP) is 4.54. The lowest BCUT2D eigenvalue weighted by Crippen LogP contribution is -2.45. The van der Waals surface area contributed by atoms with Crippen molar-refractivity contribution in [2.45, 2.75) is 58.4 Å². The number of nitrogens with one attached hydrogen (secondary N) is 1. The van der Waals surface area contributed by atoms with Crippen molar-refractivity contribution in [3.8, 4) is 0 Å². The van der Waals surface area contributed by atoms with Gasteiger partial charge in [-0.15, -0.1) is 0 Å². The quantitative estimate of drug-likeness (QED) is 0.754. The third-order valence-electron chi connectivity index (χ3n) is 5.58. The minimum Gasteiger partial charge on any atom is -0.373 e. The number of benzene rings is 2. The van der Waals surface area contributed by atoms with Crippen LogP contribution in [0.2, 0.25) is 5.02 Å². The SMILES string of the molecule is CC1CN(Cc2ccccc2CNC(=O)C(C)(C)c2ccc(Cl)cc2)CC(C)O1. The number of rotatable bonds is 6. The molecule has 1 heterocycles. The lowest BCUT2D eigenvalue weighted by molar-refractivity contribution is -0.125. The van der Waals surface area contributed by atoms with Gasteiger partial charge in [-0.2, -0.15) is 0 Å². The molecule has 0 radical (unpaired) electrons. The second kappa shape index (κ2) is 9.29. The van der Waals surface area contributed by atoms with E-state index in [4.69, 9.17) is 16.3 Å².